The first-order valence-electron chi connectivity index (χ1n) is 11.7. The van der Waals surface area contributed by atoms with Gasteiger partial charge >= 0.3 is 6.03 Å². The molecule has 5 rings (SSSR count). The van der Waals surface area contributed by atoms with Crippen LogP contribution in [0.1, 0.15) is 29.0 Å². The number of urea groups is 1. The summed E-state index contributed by atoms with van der Waals surface area (Å²) in [5.41, 5.74) is 3.25. The molecule has 1 aliphatic heterocycles. The van der Waals surface area contributed by atoms with E-state index in [1.807, 2.05) is 89.8 Å². The van der Waals surface area contributed by atoms with Crippen molar-refractivity contribution in [1.82, 2.24) is 25.0 Å². The van der Waals surface area contributed by atoms with E-state index in [4.69, 9.17) is 0 Å². The minimum atomic E-state index is -0.372. The van der Waals surface area contributed by atoms with Crippen LogP contribution in [0.3, 0.4) is 0 Å². The third-order valence-electron chi connectivity index (χ3n) is 5.87. The summed E-state index contributed by atoms with van der Waals surface area (Å²) in [6.07, 6.45) is 2.08. The molecule has 1 saturated heterocycles. The van der Waals surface area contributed by atoms with Crippen molar-refractivity contribution in [2.45, 2.75) is 19.4 Å². The van der Waals surface area contributed by atoms with E-state index in [2.05, 4.69) is 20.7 Å². The maximum atomic E-state index is 13.0. The van der Waals surface area contributed by atoms with Crippen molar-refractivity contribution in [2.24, 2.45) is 0 Å². The van der Waals surface area contributed by atoms with Gasteiger partial charge in [-0.1, -0.05) is 60.7 Å². The Hall–Kier alpha value is -4.46. The molecule has 0 aliphatic carbocycles. The normalized spacial score (nSPS) is 13.0. The third kappa shape index (κ3) is 5.22. The highest BCUT2D eigenvalue weighted by atomic mass is 16.2. The van der Waals surface area contributed by atoms with E-state index < -0.39 is 0 Å². The summed E-state index contributed by atoms with van der Waals surface area (Å²) in [5.74, 6) is 0.308. The van der Waals surface area contributed by atoms with Crippen molar-refractivity contribution in [1.29, 1.82) is 0 Å². The average Bonchev–Trinajstić information content (AvgIpc) is 3.60. The molecule has 0 spiro atoms. The summed E-state index contributed by atoms with van der Waals surface area (Å²) in [5, 5.41) is 10.3. The predicted octanol–water partition coefficient (Wildman–Crippen LogP) is 4.49. The highest BCUT2D eigenvalue weighted by molar-refractivity contribution is 5.91. The van der Waals surface area contributed by atoms with Gasteiger partial charge in [-0.25, -0.2) is 14.5 Å². The van der Waals surface area contributed by atoms with Gasteiger partial charge in [0.1, 0.15) is 0 Å². The van der Waals surface area contributed by atoms with E-state index in [0.717, 1.165) is 42.7 Å². The number of carbonyl (C=O) groups excluding carboxylic acids is 2. The molecule has 0 radical (unpaired) electrons. The molecule has 2 N–H and O–H groups in total. The van der Waals surface area contributed by atoms with Crippen LogP contribution in [0.5, 0.6) is 0 Å². The van der Waals surface area contributed by atoms with Gasteiger partial charge in [0, 0.05) is 30.9 Å². The fraction of sp³-hybridized carbons (Fsp3) is 0.185. The first-order chi connectivity index (χ1) is 17.2. The van der Waals surface area contributed by atoms with Gasteiger partial charge in [0.15, 0.2) is 5.82 Å². The van der Waals surface area contributed by atoms with Crippen LogP contribution in [0.2, 0.25) is 0 Å². The third-order valence-corrected chi connectivity index (χ3v) is 5.87. The number of amides is 3. The SMILES string of the molecule is O=C(NCc1cccc(NC(=O)N2CCCC2)c1)c1nc(-c2ccccc2)n(-c2ccccc2)n1. The molecule has 8 heteroatoms. The number of benzene rings is 3. The topological polar surface area (TPSA) is 92.2 Å². The number of nitrogens with zero attached hydrogens (tertiary/aromatic N) is 4. The molecule has 1 aromatic heterocycles. The van der Waals surface area contributed by atoms with Crippen LogP contribution in [0.4, 0.5) is 10.5 Å². The van der Waals surface area contributed by atoms with E-state index >= 15 is 0 Å². The standard InChI is InChI=1S/C27H26N6O2/c34-26(28-19-20-10-9-13-22(18-20)29-27(35)32-16-7-8-17-32)24-30-25(21-11-3-1-4-12-21)33(31-24)23-14-5-2-6-15-23/h1-6,9-15,18H,7-8,16-17,19H2,(H,28,34)(H,29,35). The number of nitrogens with one attached hydrogen (secondary N) is 2. The number of para-hydroxylation sites is 1. The van der Waals surface area contributed by atoms with Crippen LogP contribution in [-0.2, 0) is 6.54 Å². The monoisotopic (exact) mass is 466 g/mol. The maximum Gasteiger partial charge on any atom is 0.321 e. The Morgan fingerprint density at radius 2 is 1.57 bits per heavy atom. The van der Waals surface area contributed by atoms with Gasteiger partial charge in [0.25, 0.3) is 5.91 Å². The lowest BCUT2D eigenvalue weighted by Gasteiger charge is -2.16. The van der Waals surface area contributed by atoms with Crippen LogP contribution in [0, 0.1) is 0 Å². The molecule has 4 aromatic rings. The fourth-order valence-corrected chi connectivity index (χ4v) is 4.07. The number of rotatable bonds is 6. The lowest BCUT2D eigenvalue weighted by Crippen LogP contribution is -2.32. The van der Waals surface area contributed by atoms with Gasteiger partial charge < -0.3 is 15.5 Å². The molecule has 2 heterocycles. The second-order valence-corrected chi connectivity index (χ2v) is 8.38. The Morgan fingerprint density at radius 1 is 0.857 bits per heavy atom. The number of aromatic nitrogens is 3. The second-order valence-electron chi connectivity index (χ2n) is 8.38. The Labute approximate surface area is 203 Å². The number of hydrogen-bond acceptors (Lipinski definition) is 4. The van der Waals surface area contributed by atoms with Gasteiger partial charge in [-0.3, -0.25) is 4.79 Å². The summed E-state index contributed by atoms with van der Waals surface area (Å²) in [6, 6.07) is 26.6. The Balaban J connectivity index is 1.31. The highest BCUT2D eigenvalue weighted by Gasteiger charge is 2.19. The molecule has 0 saturated carbocycles. The number of hydrogen-bond donors (Lipinski definition) is 2. The molecule has 1 aliphatic rings. The van der Waals surface area contributed by atoms with Crippen LogP contribution >= 0.6 is 0 Å². The minimum Gasteiger partial charge on any atom is -0.345 e. The smallest absolute Gasteiger partial charge is 0.321 e. The summed E-state index contributed by atoms with van der Waals surface area (Å²) in [7, 11) is 0. The molecule has 176 valence electrons. The molecule has 0 atom stereocenters. The zero-order valence-corrected chi connectivity index (χ0v) is 19.2. The Morgan fingerprint density at radius 3 is 2.31 bits per heavy atom. The maximum absolute atomic E-state index is 13.0. The van der Waals surface area contributed by atoms with E-state index in [0.29, 0.717) is 11.5 Å². The first kappa shape index (κ1) is 22.3. The summed E-state index contributed by atoms with van der Waals surface area (Å²) >= 11 is 0. The van der Waals surface area contributed by atoms with Crippen LogP contribution in [0.15, 0.2) is 84.9 Å². The predicted molar refractivity (Wildman–Crippen MR) is 134 cm³/mol. The summed E-state index contributed by atoms with van der Waals surface area (Å²) in [6.45, 7) is 1.86. The van der Waals surface area contributed by atoms with E-state index in [-0.39, 0.29) is 24.3 Å². The molecule has 35 heavy (non-hydrogen) atoms. The van der Waals surface area contributed by atoms with Crippen LogP contribution < -0.4 is 10.6 Å². The van der Waals surface area contributed by atoms with Crippen molar-refractivity contribution in [3.63, 3.8) is 0 Å². The Bertz CT molecular complexity index is 1260. The van der Waals surface area contributed by atoms with Crippen LogP contribution in [0.25, 0.3) is 17.1 Å². The molecular weight excluding hydrogens is 440 g/mol. The zero-order chi connectivity index (χ0) is 24.0. The van der Waals surface area contributed by atoms with Gasteiger partial charge in [-0.2, -0.15) is 0 Å². The molecule has 0 bridgehead atoms. The molecule has 0 unspecified atom stereocenters. The van der Waals surface area contributed by atoms with E-state index in [9.17, 15) is 9.59 Å². The van der Waals surface area contributed by atoms with Gasteiger partial charge in [-0.15, -0.1) is 5.10 Å². The summed E-state index contributed by atoms with van der Waals surface area (Å²) in [4.78, 5) is 31.7. The minimum absolute atomic E-state index is 0.0891. The van der Waals surface area contributed by atoms with E-state index in [1.165, 1.54) is 0 Å². The number of anilines is 1. The molecule has 3 aromatic carbocycles. The Kier molecular flexibility index (Phi) is 6.52. The quantitative estimate of drug-likeness (QED) is 0.438. The molecule has 8 nitrogen and oxygen atoms in total. The van der Waals surface area contributed by atoms with Gasteiger partial charge in [0.05, 0.1) is 5.69 Å². The van der Waals surface area contributed by atoms with Crippen LogP contribution in [-0.4, -0.2) is 44.7 Å². The highest BCUT2D eigenvalue weighted by Crippen LogP contribution is 2.21. The summed E-state index contributed by atoms with van der Waals surface area (Å²) < 4.78 is 1.68. The van der Waals surface area contributed by atoms with Crippen molar-refractivity contribution in [3.8, 4) is 17.1 Å². The van der Waals surface area contributed by atoms with Gasteiger partial charge in [-0.05, 0) is 42.7 Å². The molecular formula is C27H26N6O2. The second kappa shape index (κ2) is 10.2. The number of likely N-dealkylation sites (tertiary alicyclic amines) is 1. The lowest BCUT2D eigenvalue weighted by molar-refractivity contribution is 0.0940. The largest absolute Gasteiger partial charge is 0.345 e. The van der Waals surface area contributed by atoms with Crippen molar-refractivity contribution in [2.75, 3.05) is 18.4 Å². The van der Waals surface area contributed by atoms with Crippen molar-refractivity contribution < 1.29 is 9.59 Å². The zero-order valence-electron chi connectivity index (χ0n) is 19.2. The number of carbonyl (C=O) groups is 2. The lowest BCUT2D eigenvalue weighted by atomic mass is 10.2. The molecule has 1 fully saturated rings. The van der Waals surface area contributed by atoms with Crippen molar-refractivity contribution in [3.05, 3.63) is 96.3 Å². The average molecular weight is 467 g/mol. The molecule has 3 amide bonds. The van der Waals surface area contributed by atoms with E-state index in [1.54, 1.807) is 4.68 Å². The fourth-order valence-electron chi connectivity index (χ4n) is 4.07. The van der Waals surface area contributed by atoms with Crippen molar-refractivity contribution >= 4 is 17.6 Å². The first-order valence-corrected chi connectivity index (χ1v) is 11.7. The van der Waals surface area contributed by atoms with Gasteiger partial charge in [0.2, 0.25) is 5.82 Å².